The van der Waals surface area contributed by atoms with E-state index in [9.17, 15) is 4.79 Å². The summed E-state index contributed by atoms with van der Waals surface area (Å²) >= 11 is 0. The van der Waals surface area contributed by atoms with Crippen molar-refractivity contribution >= 4 is 6.03 Å². The van der Waals surface area contributed by atoms with Gasteiger partial charge in [0.15, 0.2) is 0 Å². The third-order valence-electron chi connectivity index (χ3n) is 4.45. The summed E-state index contributed by atoms with van der Waals surface area (Å²) in [6, 6.07) is 0.180. The van der Waals surface area contributed by atoms with E-state index in [0.29, 0.717) is 6.54 Å². The summed E-state index contributed by atoms with van der Waals surface area (Å²) in [5.74, 6) is 0. The summed E-state index contributed by atoms with van der Waals surface area (Å²) in [5.41, 5.74) is 5.99. The van der Waals surface area contributed by atoms with E-state index in [0.717, 1.165) is 38.9 Å². The molecule has 2 N–H and O–H groups in total. The van der Waals surface area contributed by atoms with Crippen LogP contribution in [-0.4, -0.2) is 47.5 Å². The topological polar surface area (TPSA) is 49.6 Å². The SMILES string of the molecule is CCCN(C(=O)N(CC)CC)C1(CN)CCCCC1. The van der Waals surface area contributed by atoms with Crippen LogP contribution in [0.25, 0.3) is 0 Å². The molecule has 0 heterocycles. The molecule has 4 heteroatoms. The Morgan fingerprint density at radius 1 is 1.11 bits per heavy atom. The lowest BCUT2D eigenvalue weighted by molar-refractivity contribution is 0.0635. The van der Waals surface area contributed by atoms with E-state index in [1.54, 1.807) is 0 Å². The fraction of sp³-hybridized carbons (Fsp3) is 0.933. The molecule has 1 rings (SSSR count). The van der Waals surface area contributed by atoms with Crippen molar-refractivity contribution in [2.45, 2.75) is 64.8 Å². The average Bonchev–Trinajstić information content (AvgIpc) is 2.46. The highest BCUT2D eigenvalue weighted by Crippen LogP contribution is 2.33. The second-order valence-electron chi connectivity index (χ2n) is 5.60. The minimum atomic E-state index is -0.0894. The number of urea groups is 1. The van der Waals surface area contributed by atoms with Crippen molar-refractivity contribution in [3.8, 4) is 0 Å². The van der Waals surface area contributed by atoms with E-state index in [1.165, 1.54) is 19.3 Å². The van der Waals surface area contributed by atoms with Crippen LogP contribution in [0, 0.1) is 0 Å². The zero-order valence-electron chi connectivity index (χ0n) is 13.0. The number of amides is 2. The van der Waals surface area contributed by atoms with Gasteiger partial charge in [-0.25, -0.2) is 4.79 Å². The van der Waals surface area contributed by atoms with E-state index in [-0.39, 0.29) is 11.6 Å². The standard InChI is InChI=1S/C15H31N3O/c1-4-12-18(14(19)17(5-2)6-3)15(13-16)10-8-7-9-11-15/h4-13,16H2,1-3H3. The van der Waals surface area contributed by atoms with Crippen molar-refractivity contribution < 1.29 is 4.79 Å². The maximum absolute atomic E-state index is 12.8. The van der Waals surface area contributed by atoms with Crippen molar-refractivity contribution in [3.05, 3.63) is 0 Å². The summed E-state index contributed by atoms with van der Waals surface area (Å²) in [6.07, 6.45) is 6.80. The molecule has 1 aliphatic carbocycles. The summed E-state index contributed by atoms with van der Waals surface area (Å²) in [4.78, 5) is 16.8. The lowest BCUT2D eigenvalue weighted by atomic mass is 9.80. The first-order chi connectivity index (χ1) is 9.15. The van der Waals surface area contributed by atoms with Crippen LogP contribution >= 0.6 is 0 Å². The molecule has 0 atom stereocenters. The number of carbonyl (C=O) groups excluding carboxylic acids is 1. The summed E-state index contributed by atoms with van der Waals surface area (Å²) in [7, 11) is 0. The van der Waals surface area contributed by atoms with Crippen LogP contribution in [0.2, 0.25) is 0 Å². The van der Waals surface area contributed by atoms with Gasteiger partial charge < -0.3 is 15.5 Å². The average molecular weight is 269 g/mol. The molecule has 0 aromatic rings. The molecular formula is C15H31N3O. The predicted molar refractivity (Wildman–Crippen MR) is 80.2 cm³/mol. The lowest BCUT2D eigenvalue weighted by Crippen LogP contribution is -2.60. The van der Waals surface area contributed by atoms with Gasteiger partial charge in [-0.15, -0.1) is 0 Å². The van der Waals surface area contributed by atoms with Crippen LogP contribution < -0.4 is 5.73 Å². The summed E-state index contributed by atoms with van der Waals surface area (Å²) < 4.78 is 0. The molecule has 0 aromatic heterocycles. The fourth-order valence-electron chi connectivity index (χ4n) is 3.22. The first-order valence-corrected chi connectivity index (χ1v) is 7.91. The van der Waals surface area contributed by atoms with Gasteiger partial charge in [0, 0.05) is 26.2 Å². The van der Waals surface area contributed by atoms with Gasteiger partial charge in [-0.2, -0.15) is 0 Å². The number of rotatable bonds is 6. The Morgan fingerprint density at radius 2 is 1.68 bits per heavy atom. The first-order valence-electron chi connectivity index (χ1n) is 7.91. The highest BCUT2D eigenvalue weighted by atomic mass is 16.2. The zero-order chi connectivity index (χ0) is 14.3. The molecule has 1 fully saturated rings. The molecule has 0 saturated heterocycles. The van der Waals surface area contributed by atoms with Gasteiger partial charge in [0.05, 0.1) is 5.54 Å². The number of hydrogen-bond acceptors (Lipinski definition) is 2. The molecule has 19 heavy (non-hydrogen) atoms. The van der Waals surface area contributed by atoms with Gasteiger partial charge in [-0.3, -0.25) is 0 Å². The summed E-state index contributed by atoms with van der Waals surface area (Å²) in [5, 5.41) is 0. The van der Waals surface area contributed by atoms with Crippen LogP contribution in [-0.2, 0) is 0 Å². The predicted octanol–water partition coefficient (Wildman–Crippen LogP) is 2.82. The van der Waals surface area contributed by atoms with E-state index in [1.807, 2.05) is 18.7 Å². The Morgan fingerprint density at radius 3 is 2.11 bits per heavy atom. The normalized spacial score (nSPS) is 18.1. The van der Waals surface area contributed by atoms with Crippen molar-refractivity contribution in [1.82, 2.24) is 9.80 Å². The molecule has 4 nitrogen and oxygen atoms in total. The maximum atomic E-state index is 12.8. The molecule has 0 spiro atoms. The Balaban J connectivity index is 2.93. The molecule has 1 saturated carbocycles. The van der Waals surface area contributed by atoms with Gasteiger partial charge in [-0.05, 0) is 33.1 Å². The van der Waals surface area contributed by atoms with Crippen LogP contribution in [0.3, 0.4) is 0 Å². The molecule has 0 radical (unpaired) electrons. The largest absolute Gasteiger partial charge is 0.328 e. The van der Waals surface area contributed by atoms with Gasteiger partial charge in [-0.1, -0.05) is 26.2 Å². The fourth-order valence-corrected chi connectivity index (χ4v) is 3.22. The molecule has 0 aromatic carbocycles. The lowest BCUT2D eigenvalue weighted by Gasteiger charge is -2.47. The van der Waals surface area contributed by atoms with Crippen molar-refractivity contribution in [1.29, 1.82) is 0 Å². The van der Waals surface area contributed by atoms with Crippen LogP contribution in [0.5, 0.6) is 0 Å². The van der Waals surface area contributed by atoms with Gasteiger partial charge in [0.1, 0.15) is 0 Å². The van der Waals surface area contributed by atoms with Crippen molar-refractivity contribution in [2.24, 2.45) is 5.73 Å². The number of carbonyl (C=O) groups is 1. The number of hydrogen-bond donors (Lipinski definition) is 1. The van der Waals surface area contributed by atoms with E-state index in [4.69, 9.17) is 5.73 Å². The minimum absolute atomic E-state index is 0.0894. The quantitative estimate of drug-likeness (QED) is 0.806. The second kappa shape index (κ2) is 7.73. The van der Waals surface area contributed by atoms with Gasteiger partial charge in [0.2, 0.25) is 0 Å². The number of nitrogens with two attached hydrogens (primary N) is 1. The molecule has 112 valence electrons. The van der Waals surface area contributed by atoms with Gasteiger partial charge >= 0.3 is 6.03 Å². The molecule has 1 aliphatic rings. The smallest absolute Gasteiger partial charge is 0.320 e. The number of nitrogens with zero attached hydrogens (tertiary/aromatic N) is 2. The third kappa shape index (κ3) is 3.62. The second-order valence-corrected chi connectivity index (χ2v) is 5.60. The van der Waals surface area contributed by atoms with Crippen molar-refractivity contribution in [3.63, 3.8) is 0 Å². The highest BCUT2D eigenvalue weighted by Gasteiger charge is 2.40. The van der Waals surface area contributed by atoms with E-state index >= 15 is 0 Å². The Labute approximate surface area is 118 Å². The van der Waals surface area contributed by atoms with E-state index in [2.05, 4.69) is 11.8 Å². The molecule has 0 aliphatic heterocycles. The zero-order valence-corrected chi connectivity index (χ0v) is 13.0. The van der Waals surface area contributed by atoms with E-state index < -0.39 is 0 Å². The monoisotopic (exact) mass is 269 g/mol. The van der Waals surface area contributed by atoms with Crippen LogP contribution in [0.15, 0.2) is 0 Å². The van der Waals surface area contributed by atoms with Crippen molar-refractivity contribution in [2.75, 3.05) is 26.2 Å². The third-order valence-corrected chi connectivity index (χ3v) is 4.45. The van der Waals surface area contributed by atoms with Gasteiger partial charge in [0.25, 0.3) is 0 Å². The van der Waals surface area contributed by atoms with Crippen LogP contribution in [0.1, 0.15) is 59.3 Å². The molecule has 2 amide bonds. The highest BCUT2D eigenvalue weighted by molar-refractivity contribution is 5.75. The summed E-state index contributed by atoms with van der Waals surface area (Å²) in [6.45, 7) is 9.19. The molecule has 0 bridgehead atoms. The first kappa shape index (κ1) is 16.3. The van der Waals surface area contributed by atoms with Crippen LogP contribution in [0.4, 0.5) is 4.79 Å². The minimum Gasteiger partial charge on any atom is -0.328 e. The Kier molecular flexibility index (Phi) is 6.63. The molecule has 0 unspecified atom stereocenters. The molecular weight excluding hydrogens is 238 g/mol. The maximum Gasteiger partial charge on any atom is 0.320 e. The Bertz CT molecular complexity index is 271. The Hall–Kier alpha value is -0.770.